The molecule has 24 heavy (non-hydrogen) atoms. The van der Waals surface area contributed by atoms with E-state index in [0.29, 0.717) is 31.7 Å². The number of likely N-dealkylation sites (tertiary alicyclic amines) is 2. The summed E-state index contributed by atoms with van der Waals surface area (Å²) in [7, 11) is 0. The zero-order chi connectivity index (χ0) is 17.5. The quantitative estimate of drug-likeness (QED) is 0.723. The molecule has 8 heteroatoms. The predicted octanol–water partition coefficient (Wildman–Crippen LogP) is 2.07. The fraction of sp³-hybridized carbons (Fsp3) is 0.625. The molecular weight excluding hydrogens is 332 g/mol. The molecule has 2 aliphatic rings. The van der Waals surface area contributed by atoms with Crippen LogP contribution in [0.1, 0.15) is 31.1 Å². The Morgan fingerprint density at radius 1 is 1.08 bits per heavy atom. The van der Waals surface area contributed by atoms with Crippen LogP contribution in [-0.2, 0) is 4.74 Å². The van der Waals surface area contributed by atoms with E-state index < -0.39 is 5.60 Å². The predicted molar refractivity (Wildman–Crippen MR) is 87.7 cm³/mol. The first-order valence-electron chi connectivity index (χ1n) is 7.97. The number of hydrogen-bond donors (Lipinski definition) is 0. The Labute approximate surface area is 145 Å². The molecule has 0 aromatic carbocycles. The van der Waals surface area contributed by atoms with Crippen molar-refractivity contribution in [2.75, 3.05) is 26.2 Å². The van der Waals surface area contributed by atoms with Crippen LogP contribution in [0.2, 0.25) is 5.28 Å². The Kier molecular flexibility index (Phi) is 4.38. The SMILES string of the molecule is CC(C)(C)OC(=O)N1C[C@@H]2CN(C(=O)c3cnc(Cl)nc3)C[C@@H]2C1. The van der Waals surface area contributed by atoms with Crippen molar-refractivity contribution in [3.63, 3.8) is 0 Å². The van der Waals surface area contributed by atoms with Crippen molar-refractivity contribution in [3.8, 4) is 0 Å². The first-order valence-corrected chi connectivity index (χ1v) is 8.35. The van der Waals surface area contributed by atoms with E-state index in [4.69, 9.17) is 16.3 Å². The molecule has 3 rings (SSSR count). The van der Waals surface area contributed by atoms with Gasteiger partial charge in [-0.25, -0.2) is 14.8 Å². The third-order valence-electron chi connectivity index (χ3n) is 4.29. The maximum Gasteiger partial charge on any atom is 0.410 e. The van der Waals surface area contributed by atoms with E-state index >= 15 is 0 Å². The number of carbonyl (C=O) groups is 2. The van der Waals surface area contributed by atoms with Crippen LogP contribution >= 0.6 is 11.6 Å². The molecule has 130 valence electrons. The monoisotopic (exact) mass is 352 g/mol. The molecule has 3 heterocycles. The second-order valence-electron chi connectivity index (χ2n) is 7.36. The summed E-state index contributed by atoms with van der Waals surface area (Å²) in [5, 5.41) is 0.123. The topological polar surface area (TPSA) is 75.6 Å². The van der Waals surface area contributed by atoms with E-state index in [2.05, 4.69) is 9.97 Å². The molecule has 0 saturated carbocycles. The first-order chi connectivity index (χ1) is 11.2. The molecule has 0 unspecified atom stereocenters. The minimum atomic E-state index is -0.495. The van der Waals surface area contributed by atoms with Crippen molar-refractivity contribution in [3.05, 3.63) is 23.2 Å². The van der Waals surface area contributed by atoms with Gasteiger partial charge in [0.05, 0.1) is 5.56 Å². The molecule has 0 aliphatic carbocycles. The van der Waals surface area contributed by atoms with Crippen molar-refractivity contribution in [1.29, 1.82) is 0 Å². The lowest BCUT2D eigenvalue weighted by Gasteiger charge is -2.26. The smallest absolute Gasteiger partial charge is 0.410 e. The molecule has 2 fully saturated rings. The Balaban J connectivity index is 1.58. The number of amides is 2. The number of rotatable bonds is 1. The highest BCUT2D eigenvalue weighted by Crippen LogP contribution is 2.32. The van der Waals surface area contributed by atoms with Crippen LogP contribution in [0.25, 0.3) is 0 Å². The van der Waals surface area contributed by atoms with Gasteiger partial charge < -0.3 is 14.5 Å². The Morgan fingerprint density at radius 3 is 2.08 bits per heavy atom. The average molecular weight is 353 g/mol. The highest BCUT2D eigenvalue weighted by Gasteiger charge is 2.44. The summed E-state index contributed by atoms with van der Waals surface area (Å²) in [6, 6.07) is 0. The van der Waals surface area contributed by atoms with E-state index in [9.17, 15) is 9.59 Å². The molecule has 2 amide bonds. The van der Waals surface area contributed by atoms with Gasteiger partial charge in [-0.1, -0.05) is 0 Å². The van der Waals surface area contributed by atoms with Crippen LogP contribution in [-0.4, -0.2) is 63.5 Å². The van der Waals surface area contributed by atoms with Crippen molar-refractivity contribution in [2.45, 2.75) is 26.4 Å². The lowest BCUT2D eigenvalue weighted by molar-refractivity contribution is 0.0275. The first kappa shape index (κ1) is 17.0. The average Bonchev–Trinajstić information content (AvgIpc) is 3.04. The molecule has 0 radical (unpaired) electrons. The number of aromatic nitrogens is 2. The molecule has 2 atom stereocenters. The van der Waals surface area contributed by atoms with E-state index in [1.54, 1.807) is 9.80 Å². The number of hydrogen-bond acceptors (Lipinski definition) is 5. The number of fused-ring (bicyclic) bond motifs is 1. The zero-order valence-corrected chi connectivity index (χ0v) is 14.8. The van der Waals surface area contributed by atoms with Gasteiger partial charge in [-0.2, -0.15) is 0 Å². The van der Waals surface area contributed by atoms with Crippen molar-refractivity contribution >= 4 is 23.6 Å². The molecular formula is C16H21ClN4O3. The molecule has 0 N–H and O–H groups in total. The van der Waals surface area contributed by atoms with Crippen LogP contribution in [0.3, 0.4) is 0 Å². The van der Waals surface area contributed by atoms with E-state index in [1.807, 2.05) is 20.8 Å². The summed E-state index contributed by atoms with van der Waals surface area (Å²) >= 11 is 5.65. The standard InChI is InChI=1S/C16H21ClN4O3/c1-16(2,3)24-15(23)21-8-11-6-20(7-12(11)9-21)13(22)10-4-18-14(17)19-5-10/h4-5,11-12H,6-9H2,1-3H3/t11-,12+. The van der Waals surface area contributed by atoms with Crippen LogP contribution in [0.4, 0.5) is 4.79 Å². The maximum absolute atomic E-state index is 12.5. The summed E-state index contributed by atoms with van der Waals surface area (Å²) in [5.41, 5.74) is -0.0610. The van der Waals surface area contributed by atoms with Crippen LogP contribution in [0, 0.1) is 11.8 Å². The van der Waals surface area contributed by atoms with E-state index in [1.165, 1.54) is 12.4 Å². The Morgan fingerprint density at radius 2 is 1.58 bits per heavy atom. The summed E-state index contributed by atoms with van der Waals surface area (Å²) in [4.78, 5) is 35.9. The number of carbonyl (C=O) groups excluding carboxylic acids is 2. The van der Waals surface area contributed by atoms with Crippen molar-refractivity contribution in [1.82, 2.24) is 19.8 Å². The van der Waals surface area contributed by atoms with Crippen LogP contribution in [0.15, 0.2) is 12.4 Å². The van der Waals surface area contributed by atoms with Gasteiger partial charge in [0.25, 0.3) is 5.91 Å². The lowest BCUT2D eigenvalue weighted by Crippen LogP contribution is -2.38. The van der Waals surface area contributed by atoms with Crippen LogP contribution < -0.4 is 0 Å². The summed E-state index contributed by atoms with van der Waals surface area (Å²) in [5.74, 6) is 0.481. The second-order valence-corrected chi connectivity index (χ2v) is 7.69. The van der Waals surface area contributed by atoms with Gasteiger partial charge in [0.2, 0.25) is 5.28 Å². The highest BCUT2D eigenvalue weighted by molar-refractivity contribution is 6.28. The van der Waals surface area contributed by atoms with Gasteiger partial charge in [0, 0.05) is 50.4 Å². The molecule has 0 bridgehead atoms. The van der Waals surface area contributed by atoms with Crippen molar-refractivity contribution in [2.24, 2.45) is 11.8 Å². The summed E-state index contributed by atoms with van der Waals surface area (Å²) in [6.07, 6.45) is 2.61. The van der Waals surface area contributed by atoms with Crippen molar-refractivity contribution < 1.29 is 14.3 Å². The second kappa shape index (κ2) is 6.20. The van der Waals surface area contributed by atoms with E-state index in [-0.39, 0.29) is 29.1 Å². The normalized spacial score (nSPS) is 23.3. The molecule has 2 aliphatic heterocycles. The van der Waals surface area contributed by atoms with Gasteiger partial charge in [-0.15, -0.1) is 0 Å². The van der Waals surface area contributed by atoms with Gasteiger partial charge in [0.1, 0.15) is 5.60 Å². The van der Waals surface area contributed by atoms with Gasteiger partial charge >= 0.3 is 6.09 Å². The minimum Gasteiger partial charge on any atom is -0.444 e. The van der Waals surface area contributed by atoms with Crippen LogP contribution in [0.5, 0.6) is 0 Å². The minimum absolute atomic E-state index is 0.0927. The molecule has 1 aromatic rings. The van der Waals surface area contributed by atoms with E-state index in [0.717, 1.165) is 0 Å². The van der Waals surface area contributed by atoms with Gasteiger partial charge in [-0.3, -0.25) is 4.79 Å². The third-order valence-corrected chi connectivity index (χ3v) is 4.49. The zero-order valence-electron chi connectivity index (χ0n) is 14.0. The number of nitrogens with zero attached hydrogens (tertiary/aromatic N) is 4. The summed E-state index contributed by atoms with van der Waals surface area (Å²) < 4.78 is 5.42. The Bertz CT molecular complexity index is 630. The third kappa shape index (κ3) is 3.61. The molecule has 0 spiro atoms. The summed E-state index contributed by atoms with van der Waals surface area (Å²) in [6.45, 7) is 8.08. The fourth-order valence-corrected chi connectivity index (χ4v) is 3.34. The lowest BCUT2D eigenvalue weighted by atomic mass is 10.0. The number of ether oxygens (including phenoxy) is 1. The highest BCUT2D eigenvalue weighted by atomic mass is 35.5. The Hall–Kier alpha value is -1.89. The largest absolute Gasteiger partial charge is 0.444 e. The van der Waals surface area contributed by atoms with Gasteiger partial charge in [-0.05, 0) is 32.4 Å². The molecule has 2 saturated heterocycles. The maximum atomic E-state index is 12.5. The molecule has 1 aromatic heterocycles. The number of halogens is 1. The van der Waals surface area contributed by atoms with Gasteiger partial charge in [0.15, 0.2) is 0 Å². The fourth-order valence-electron chi connectivity index (χ4n) is 3.24. The molecule has 7 nitrogen and oxygen atoms in total.